The van der Waals surface area contributed by atoms with Gasteiger partial charge in [-0.1, -0.05) is 12.5 Å². The standard InChI is InChI=1S/C18H26N2O/c1-21-14-7-5-12-6-8-18(15(12)9-14)20-10-13-3-2-4-17(19)16(13)11-20/h5,7,9,13,16-18H,2-4,6,8,10-11,19H2,1H3. The van der Waals surface area contributed by atoms with Crippen molar-refractivity contribution in [2.45, 2.75) is 44.2 Å². The summed E-state index contributed by atoms with van der Waals surface area (Å²) >= 11 is 0. The van der Waals surface area contributed by atoms with Crippen LogP contribution in [0.15, 0.2) is 18.2 Å². The zero-order valence-corrected chi connectivity index (χ0v) is 12.9. The van der Waals surface area contributed by atoms with Crippen molar-refractivity contribution < 1.29 is 4.74 Å². The average Bonchev–Trinajstić information content (AvgIpc) is 3.10. The van der Waals surface area contributed by atoms with E-state index in [4.69, 9.17) is 10.5 Å². The summed E-state index contributed by atoms with van der Waals surface area (Å²) in [4.78, 5) is 2.71. The summed E-state index contributed by atoms with van der Waals surface area (Å²) < 4.78 is 5.42. The number of aryl methyl sites for hydroxylation is 1. The molecule has 3 nitrogen and oxygen atoms in total. The Morgan fingerprint density at radius 1 is 1.19 bits per heavy atom. The van der Waals surface area contributed by atoms with E-state index in [-0.39, 0.29) is 0 Å². The number of nitrogens with two attached hydrogens (primary N) is 1. The van der Waals surface area contributed by atoms with Crippen LogP contribution in [0.3, 0.4) is 0 Å². The molecule has 1 aromatic rings. The Balaban J connectivity index is 1.57. The molecule has 1 heterocycles. The van der Waals surface area contributed by atoms with E-state index in [0.717, 1.165) is 17.6 Å². The third kappa shape index (κ3) is 2.27. The molecule has 0 aromatic heterocycles. The van der Waals surface area contributed by atoms with Crippen LogP contribution in [0.1, 0.15) is 42.9 Å². The van der Waals surface area contributed by atoms with E-state index in [1.165, 1.54) is 56.3 Å². The summed E-state index contributed by atoms with van der Waals surface area (Å²) in [5.74, 6) is 2.56. The zero-order valence-electron chi connectivity index (χ0n) is 12.9. The minimum atomic E-state index is 0.430. The summed E-state index contributed by atoms with van der Waals surface area (Å²) in [5.41, 5.74) is 9.39. The van der Waals surface area contributed by atoms with Crippen molar-refractivity contribution in [3.8, 4) is 5.75 Å². The van der Waals surface area contributed by atoms with Gasteiger partial charge in [-0.25, -0.2) is 0 Å². The molecular weight excluding hydrogens is 260 g/mol. The van der Waals surface area contributed by atoms with Crippen molar-refractivity contribution in [1.29, 1.82) is 0 Å². The highest BCUT2D eigenvalue weighted by Crippen LogP contribution is 2.44. The Bertz CT molecular complexity index is 530. The highest BCUT2D eigenvalue weighted by Gasteiger charge is 2.42. The van der Waals surface area contributed by atoms with Gasteiger partial charge in [0.15, 0.2) is 0 Å². The highest BCUT2D eigenvalue weighted by atomic mass is 16.5. The molecule has 1 saturated heterocycles. The van der Waals surface area contributed by atoms with Crippen LogP contribution in [0.4, 0.5) is 0 Å². The summed E-state index contributed by atoms with van der Waals surface area (Å²) in [7, 11) is 1.76. The lowest BCUT2D eigenvalue weighted by atomic mass is 9.78. The van der Waals surface area contributed by atoms with Gasteiger partial charge >= 0.3 is 0 Å². The quantitative estimate of drug-likeness (QED) is 0.908. The molecule has 0 amide bonds. The summed E-state index contributed by atoms with van der Waals surface area (Å²) in [6.45, 7) is 2.45. The first kappa shape index (κ1) is 13.6. The highest BCUT2D eigenvalue weighted by molar-refractivity contribution is 5.41. The lowest BCUT2D eigenvalue weighted by molar-refractivity contribution is 0.230. The maximum atomic E-state index is 6.37. The predicted molar refractivity (Wildman–Crippen MR) is 84.4 cm³/mol. The minimum Gasteiger partial charge on any atom is -0.497 e. The van der Waals surface area contributed by atoms with E-state index in [0.29, 0.717) is 12.1 Å². The van der Waals surface area contributed by atoms with E-state index in [1.807, 2.05) is 0 Å². The van der Waals surface area contributed by atoms with Gasteiger partial charge in [-0.3, -0.25) is 4.90 Å². The van der Waals surface area contributed by atoms with Crippen LogP contribution in [0.2, 0.25) is 0 Å². The van der Waals surface area contributed by atoms with E-state index >= 15 is 0 Å². The van der Waals surface area contributed by atoms with E-state index in [9.17, 15) is 0 Å². The molecule has 2 N–H and O–H groups in total. The predicted octanol–water partition coefficient (Wildman–Crippen LogP) is 2.74. The van der Waals surface area contributed by atoms with Gasteiger partial charge in [0.25, 0.3) is 0 Å². The average molecular weight is 286 g/mol. The van der Waals surface area contributed by atoms with Crippen LogP contribution in [0, 0.1) is 11.8 Å². The van der Waals surface area contributed by atoms with Crippen molar-refractivity contribution in [2.75, 3.05) is 20.2 Å². The van der Waals surface area contributed by atoms with Crippen LogP contribution >= 0.6 is 0 Å². The molecule has 1 saturated carbocycles. The third-order valence-electron chi connectivity index (χ3n) is 6.02. The number of hydrogen-bond acceptors (Lipinski definition) is 3. The van der Waals surface area contributed by atoms with Gasteiger partial charge in [0.1, 0.15) is 5.75 Å². The summed E-state index contributed by atoms with van der Waals surface area (Å²) in [6, 6.07) is 7.63. The Hall–Kier alpha value is -1.06. The van der Waals surface area contributed by atoms with Gasteiger partial charge in [-0.2, -0.15) is 0 Å². The maximum absolute atomic E-state index is 6.37. The summed E-state index contributed by atoms with van der Waals surface area (Å²) in [5, 5.41) is 0. The van der Waals surface area contributed by atoms with Crippen LogP contribution in [-0.4, -0.2) is 31.1 Å². The first-order valence-corrected chi connectivity index (χ1v) is 8.42. The van der Waals surface area contributed by atoms with Crippen LogP contribution in [-0.2, 0) is 6.42 Å². The largest absolute Gasteiger partial charge is 0.497 e. The Labute approximate surface area is 127 Å². The molecule has 4 unspecified atom stereocenters. The molecule has 1 aliphatic heterocycles. The second-order valence-electron chi connectivity index (χ2n) is 7.09. The van der Waals surface area contributed by atoms with Crippen molar-refractivity contribution >= 4 is 0 Å². The summed E-state index contributed by atoms with van der Waals surface area (Å²) in [6.07, 6.45) is 6.40. The first-order chi connectivity index (χ1) is 10.3. The molecule has 3 aliphatic rings. The molecular formula is C18H26N2O. The molecule has 3 heteroatoms. The SMILES string of the molecule is COc1ccc2c(c1)C(N1CC3CCCC(N)C3C1)CC2. The monoisotopic (exact) mass is 286 g/mol. The van der Waals surface area contributed by atoms with Crippen LogP contribution in [0.5, 0.6) is 5.75 Å². The maximum Gasteiger partial charge on any atom is 0.119 e. The van der Waals surface area contributed by atoms with E-state index in [2.05, 4.69) is 23.1 Å². The van der Waals surface area contributed by atoms with Gasteiger partial charge in [-0.15, -0.1) is 0 Å². The van der Waals surface area contributed by atoms with Crippen LogP contribution < -0.4 is 10.5 Å². The lowest BCUT2D eigenvalue weighted by Crippen LogP contribution is -2.38. The molecule has 21 heavy (non-hydrogen) atoms. The molecule has 2 aliphatic carbocycles. The van der Waals surface area contributed by atoms with Crippen molar-refractivity contribution in [3.63, 3.8) is 0 Å². The van der Waals surface area contributed by atoms with E-state index < -0.39 is 0 Å². The number of ether oxygens (including phenoxy) is 1. The van der Waals surface area contributed by atoms with Gasteiger partial charge in [0, 0.05) is 25.2 Å². The molecule has 0 spiro atoms. The molecule has 4 atom stereocenters. The smallest absolute Gasteiger partial charge is 0.119 e. The van der Waals surface area contributed by atoms with Gasteiger partial charge in [-0.05, 0) is 60.8 Å². The molecule has 2 fully saturated rings. The first-order valence-electron chi connectivity index (χ1n) is 8.42. The molecule has 0 bridgehead atoms. The topological polar surface area (TPSA) is 38.5 Å². The fourth-order valence-corrected chi connectivity index (χ4v) is 4.87. The molecule has 1 aromatic carbocycles. The van der Waals surface area contributed by atoms with Gasteiger partial charge in [0.2, 0.25) is 0 Å². The molecule has 4 rings (SSSR count). The fraction of sp³-hybridized carbons (Fsp3) is 0.667. The molecule has 114 valence electrons. The lowest BCUT2D eigenvalue weighted by Gasteiger charge is -2.30. The second-order valence-corrected chi connectivity index (χ2v) is 7.09. The van der Waals surface area contributed by atoms with Crippen molar-refractivity contribution in [1.82, 2.24) is 4.90 Å². The fourth-order valence-electron chi connectivity index (χ4n) is 4.87. The Morgan fingerprint density at radius 3 is 2.90 bits per heavy atom. The number of nitrogens with zero attached hydrogens (tertiary/aromatic N) is 1. The normalized spacial score (nSPS) is 35.5. The number of likely N-dealkylation sites (tertiary alicyclic amines) is 1. The second kappa shape index (κ2) is 5.29. The van der Waals surface area contributed by atoms with Crippen molar-refractivity contribution in [2.24, 2.45) is 17.6 Å². The van der Waals surface area contributed by atoms with Gasteiger partial charge in [0.05, 0.1) is 7.11 Å². The van der Waals surface area contributed by atoms with Crippen LogP contribution in [0.25, 0.3) is 0 Å². The third-order valence-corrected chi connectivity index (χ3v) is 6.02. The number of benzene rings is 1. The number of rotatable bonds is 2. The number of methoxy groups -OCH3 is 1. The van der Waals surface area contributed by atoms with E-state index in [1.54, 1.807) is 7.11 Å². The Morgan fingerprint density at radius 2 is 2.10 bits per heavy atom. The van der Waals surface area contributed by atoms with Gasteiger partial charge < -0.3 is 10.5 Å². The number of fused-ring (bicyclic) bond motifs is 2. The molecule has 0 radical (unpaired) electrons. The number of hydrogen-bond donors (Lipinski definition) is 1. The zero-order chi connectivity index (χ0) is 14.4. The minimum absolute atomic E-state index is 0.430. The van der Waals surface area contributed by atoms with Crippen molar-refractivity contribution in [3.05, 3.63) is 29.3 Å². The Kier molecular flexibility index (Phi) is 3.43.